The number of halogens is 7. The van der Waals surface area contributed by atoms with Crippen molar-refractivity contribution in [1.29, 1.82) is 0 Å². The third kappa shape index (κ3) is 4.01. The minimum Gasteiger partial charge on any atom is -0.502 e. The fourth-order valence-corrected chi connectivity index (χ4v) is 8.23. The van der Waals surface area contributed by atoms with Crippen LogP contribution in [0.3, 0.4) is 0 Å². The molecular formula is C30H21Cl2F5N2O9. The summed E-state index contributed by atoms with van der Waals surface area (Å²) in [5.41, 5.74) is -1.90. The summed E-state index contributed by atoms with van der Waals surface area (Å²) in [6.07, 6.45) is -0.854. The number of alkyl halides is 2. The predicted octanol–water partition coefficient (Wildman–Crippen LogP) is 4.43. The number of methoxy groups -OCH3 is 3. The zero-order chi connectivity index (χ0) is 35.4. The molecule has 254 valence electrons. The van der Waals surface area contributed by atoms with Crippen molar-refractivity contribution in [1.82, 2.24) is 4.90 Å². The molecule has 1 saturated carbocycles. The number of rotatable bonds is 4. The molecule has 0 spiro atoms. The Morgan fingerprint density at radius 1 is 0.854 bits per heavy atom. The van der Waals surface area contributed by atoms with Gasteiger partial charge in [0.25, 0.3) is 11.8 Å². The zero-order valence-electron chi connectivity index (χ0n) is 24.7. The van der Waals surface area contributed by atoms with Gasteiger partial charge in [0, 0.05) is 5.92 Å². The Bertz CT molecular complexity index is 1860. The van der Waals surface area contributed by atoms with Crippen LogP contribution in [-0.2, 0) is 23.9 Å². The lowest BCUT2D eigenvalue weighted by molar-refractivity contribution is -0.138. The van der Waals surface area contributed by atoms with Crippen LogP contribution in [0.1, 0.15) is 24.3 Å². The molecule has 18 heteroatoms. The molecule has 0 unspecified atom stereocenters. The third-order valence-corrected chi connectivity index (χ3v) is 10.8. The van der Waals surface area contributed by atoms with Crippen LogP contribution in [0.4, 0.5) is 32.4 Å². The van der Waals surface area contributed by atoms with Gasteiger partial charge in [-0.15, -0.1) is 23.2 Å². The molecule has 0 aromatic heterocycles. The van der Waals surface area contributed by atoms with E-state index in [9.17, 15) is 42.3 Å². The smallest absolute Gasteiger partial charge is 0.423 e. The van der Waals surface area contributed by atoms with Crippen molar-refractivity contribution in [2.45, 2.75) is 28.5 Å². The summed E-state index contributed by atoms with van der Waals surface area (Å²) in [6, 6.07) is 2.33. The van der Waals surface area contributed by atoms with Gasteiger partial charge in [0.1, 0.15) is 5.69 Å². The summed E-state index contributed by atoms with van der Waals surface area (Å²) in [5.74, 6) is -24.4. The van der Waals surface area contributed by atoms with Crippen molar-refractivity contribution in [3.05, 3.63) is 58.4 Å². The molecule has 5 amide bonds. The minimum atomic E-state index is -2.82. The molecule has 0 bridgehead atoms. The molecule has 1 N–H and O–H groups in total. The normalized spacial score (nSPS) is 29.4. The zero-order valence-corrected chi connectivity index (χ0v) is 26.2. The van der Waals surface area contributed by atoms with Crippen molar-refractivity contribution in [3.8, 4) is 17.2 Å². The summed E-state index contributed by atoms with van der Waals surface area (Å²) in [4.78, 5) is 62.1. The summed E-state index contributed by atoms with van der Waals surface area (Å²) < 4.78 is 88.0. The Hall–Kier alpha value is -4.44. The second kappa shape index (κ2) is 11.1. The van der Waals surface area contributed by atoms with Gasteiger partial charge in [-0.2, -0.15) is 4.90 Å². The number of fused-ring (bicyclic) bond motifs is 4. The molecule has 3 fully saturated rings. The number of nitrogens with zero attached hydrogens (tertiary/aromatic N) is 2. The molecule has 2 saturated heterocycles. The highest BCUT2D eigenvalue weighted by Crippen LogP contribution is 2.66. The highest BCUT2D eigenvalue weighted by molar-refractivity contribution is 6.58. The quantitative estimate of drug-likeness (QED) is 0.121. The maximum atomic E-state index is 15.2. The van der Waals surface area contributed by atoms with E-state index in [2.05, 4.69) is 4.74 Å². The van der Waals surface area contributed by atoms with Crippen LogP contribution in [0.15, 0.2) is 23.8 Å². The number of phenolic OH excluding ortho intramolecular Hbond substituents is 1. The Morgan fingerprint density at radius 2 is 1.40 bits per heavy atom. The number of benzene rings is 2. The number of anilines is 1. The van der Waals surface area contributed by atoms with E-state index in [-0.39, 0.29) is 38.9 Å². The standard InChI is InChI=1S/C30H21Cl2F5N2O9/c1-46-13-6-9(7-14(47-2)23(13)40)16-10-4-5-11-15(25(42)39(24(11)41)28(45)48-3)12(10)8-29(31)26(43)38(27(44)30(16,29)32)22-20(36)18(34)17(33)19(35)21(22)37/h4,6-7,11-12,15-16,40H,5,8H2,1-3H3/t11-,12+,15-,16-,29+,30-/m0/s1. The molecule has 2 aromatic rings. The monoisotopic (exact) mass is 718 g/mol. The summed E-state index contributed by atoms with van der Waals surface area (Å²) in [5, 5.41) is 10.6. The van der Waals surface area contributed by atoms with Gasteiger partial charge in [-0.05, 0) is 36.5 Å². The SMILES string of the molecule is COC(=O)N1C(=O)[C@H]2[C@H](CC=C3[C@H]2C[C@@]2(Cl)C(=O)N(c4c(F)c(F)c(F)c(F)c4F)C(=O)[C@@]2(Cl)[C@H]3c2cc(OC)c(O)c(OC)c2)C1=O. The van der Waals surface area contributed by atoms with Crippen LogP contribution in [-0.4, -0.2) is 70.8 Å². The van der Waals surface area contributed by atoms with E-state index >= 15 is 8.78 Å². The number of carbonyl (C=O) groups excluding carboxylic acids is 5. The van der Waals surface area contributed by atoms with Gasteiger partial charge in [-0.3, -0.25) is 19.2 Å². The van der Waals surface area contributed by atoms with Crippen molar-refractivity contribution >= 4 is 58.6 Å². The molecule has 11 nitrogen and oxygen atoms in total. The summed E-state index contributed by atoms with van der Waals surface area (Å²) in [7, 11) is 3.26. The van der Waals surface area contributed by atoms with Crippen LogP contribution < -0.4 is 14.4 Å². The van der Waals surface area contributed by atoms with E-state index in [1.165, 1.54) is 18.2 Å². The first kappa shape index (κ1) is 33.5. The molecule has 2 aliphatic heterocycles. The lowest BCUT2D eigenvalue weighted by atomic mass is 9.56. The fraction of sp³-hybridized carbons (Fsp3) is 0.367. The first-order valence-corrected chi connectivity index (χ1v) is 14.7. The maximum absolute atomic E-state index is 15.2. The van der Waals surface area contributed by atoms with Crippen LogP contribution in [0.2, 0.25) is 0 Å². The third-order valence-electron chi connectivity index (χ3n) is 9.41. The molecule has 2 aliphatic carbocycles. The van der Waals surface area contributed by atoms with Gasteiger partial charge in [0.05, 0.1) is 33.2 Å². The average Bonchev–Trinajstić information content (AvgIpc) is 3.41. The average molecular weight is 719 g/mol. The van der Waals surface area contributed by atoms with Gasteiger partial charge < -0.3 is 19.3 Å². The maximum Gasteiger partial charge on any atom is 0.423 e. The lowest BCUT2D eigenvalue weighted by Crippen LogP contribution is -2.60. The second-order valence-corrected chi connectivity index (χ2v) is 12.7. The van der Waals surface area contributed by atoms with E-state index < -0.39 is 110 Å². The van der Waals surface area contributed by atoms with E-state index in [0.717, 1.165) is 21.3 Å². The van der Waals surface area contributed by atoms with Gasteiger partial charge >= 0.3 is 6.09 Å². The number of hydrogen-bond donors (Lipinski definition) is 1. The van der Waals surface area contributed by atoms with Crippen LogP contribution >= 0.6 is 23.2 Å². The van der Waals surface area contributed by atoms with E-state index in [1.807, 2.05) is 0 Å². The van der Waals surface area contributed by atoms with Gasteiger partial charge in [-0.25, -0.2) is 31.6 Å². The van der Waals surface area contributed by atoms with Crippen molar-refractivity contribution < 1.29 is 65.2 Å². The Balaban J connectivity index is 1.63. The molecule has 4 aliphatic rings. The number of imide groups is 4. The molecule has 6 rings (SSSR count). The highest BCUT2D eigenvalue weighted by atomic mass is 35.5. The van der Waals surface area contributed by atoms with Crippen LogP contribution in [0, 0.1) is 46.8 Å². The largest absolute Gasteiger partial charge is 0.502 e. The predicted molar refractivity (Wildman–Crippen MR) is 152 cm³/mol. The molecule has 0 radical (unpaired) electrons. The van der Waals surface area contributed by atoms with Crippen LogP contribution in [0.25, 0.3) is 0 Å². The Kier molecular flexibility index (Phi) is 7.70. The first-order valence-electron chi connectivity index (χ1n) is 13.9. The van der Waals surface area contributed by atoms with E-state index in [1.54, 1.807) is 0 Å². The summed E-state index contributed by atoms with van der Waals surface area (Å²) in [6.45, 7) is 0. The van der Waals surface area contributed by atoms with Crippen LogP contribution in [0.5, 0.6) is 17.2 Å². The summed E-state index contributed by atoms with van der Waals surface area (Å²) >= 11 is 14.1. The van der Waals surface area contributed by atoms with Crippen molar-refractivity contribution in [3.63, 3.8) is 0 Å². The molecular weight excluding hydrogens is 698 g/mol. The van der Waals surface area contributed by atoms with Gasteiger partial charge in [-0.1, -0.05) is 11.6 Å². The Morgan fingerprint density at radius 3 is 1.92 bits per heavy atom. The lowest BCUT2D eigenvalue weighted by Gasteiger charge is -2.50. The highest BCUT2D eigenvalue weighted by Gasteiger charge is 2.77. The number of phenols is 1. The fourth-order valence-electron chi connectivity index (χ4n) is 7.29. The van der Waals surface area contributed by atoms with E-state index in [4.69, 9.17) is 32.7 Å². The second-order valence-electron chi connectivity index (χ2n) is 11.4. The minimum absolute atomic E-state index is 0.0714. The number of allylic oxidation sites excluding steroid dienone is 2. The van der Waals surface area contributed by atoms with Gasteiger partial charge in [0.15, 0.2) is 44.5 Å². The molecule has 2 aromatic carbocycles. The van der Waals surface area contributed by atoms with Crippen molar-refractivity contribution in [2.24, 2.45) is 17.8 Å². The van der Waals surface area contributed by atoms with E-state index in [0.29, 0.717) is 0 Å². The number of likely N-dealkylation sites (tertiary alicyclic amines) is 1. The molecule has 48 heavy (non-hydrogen) atoms. The van der Waals surface area contributed by atoms with Crippen molar-refractivity contribution in [2.75, 3.05) is 26.2 Å². The molecule has 6 atom stereocenters. The number of carbonyl (C=O) groups is 5. The number of ether oxygens (including phenoxy) is 3. The number of hydrogen-bond acceptors (Lipinski definition) is 9. The molecule has 2 heterocycles. The first-order chi connectivity index (χ1) is 22.5. The Labute approximate surface area is 276 Å². The topological polar surface area (TPSA) is 140 Å². The van der Waals surface area contributed by atoms with Gasteiger partial charge in [0.2, 0.25) is 23.4 Å². The number of amides is 5. The number of aromatic hydroxyl groups is 1.